The van der Waals surface area contributed by atoms with E-state index in [0.29, 0.717) is 48.6 Å². The second kappa shape index (κ2) is 7.88. The molecule has 0 bridgehead atoms. The van der Waals surface area contributed by atoms with Gasteiger partial charge in [-0.3, -0.25) is 9.59 Å². The summed E-state index contributed by atoms with van der Waals surface area (Å²) < 4.78 is 23.8. The number of halogens is 1. The van der Waals surface area contributed by atoms with Gasteiger partial charge in [-0.2, -0.15) is 0 Å². The van der Waals surface area contributed by atoms with Crippen molar-refractivity contribution in [3.8, 4) is 11.5 Å². The lowest BCUT2D eigenvalue weighted by Crippen LogP contribution is -2.32. The van der Waals surface area contributed by atoms with E-state index in [1.807, 2.05) is 0 Å². The normalized spacial score (nSPS) is 20.5. The molecule has 0 atom stereocenters. The molecular formula is C21H21FN2O4. The number of carbonyl (C=O) groups excluding carboxylic acids is 2. The highest BCUT2D eigenvalue weighted by Gasteiger charge is 2.30. The van der Waals surface area contributed by atoms with Gasteiger partial charge < -0.3 is 20.1 Å². The summed E-state index contributed by atoms with van der Waals surface area (Å²) in [5.74, 6) is 0.421. The Bertz CT molecular complexity index is 894. The van der Waals surface area contributed by atoms with Crippen LogP contribution in [-0.4, -0.2) is 18.6 Å². The third-order valence-electron chi connectivity index (χ3n) is 5.20. The number of fused-ring (bicyclic) bond motifs is 1. The van der Waals surface area contributed by atoms with E-state index in [4.69, 9.17) is 9.47 Å². The largest absolute Gasteiger partial charge is 0.454 e. The number of rotatable bonds is 4. The molecule has 1 fully saturated rings. The monoisotopic (exact) mass is 384 g/mol. The van der Waals surface area contributed by atoms with Crippen molar-refractivity contribution in [1.82, 2.24) is 0 Å². The lowest BCUT2D eigenvalue weighted by Gasteiger charge is -2.27. The van der Waals surface area contributed by atoms with E-state index in [9.17, 15) is 14.0 Å². The molecule has 2 aliphatic rings. The summed E-state index contributed by atoms with van der Waals surface area (Å²) in [5, 5.41) is 5.67. The van der Waals surface area contributed by atoms with Crippen LogP contribution in [0.3, 0.4) is 0 Å². The van der Waals surface area contributed by atoms with Crippen LogP contribution in [0.25, 0.3) is 0 Å². The Morgan fingerprint density at radius 3 is 2.07 bits per heavy atom. The van der Waals surface area contributed by atoms with Gasteiger partial charge in [0.15, 0.2) is 11.5 Å². The summed E-state index contributed by atoms with van der Waals surface area (Å²) in [6.45, 7) is 0.189. The molecule has 4 rings (SSSR count). The van der Waals surface area contributed by atoms with E-state index in [1.54, 1.807) is 30.3 Å². The van der Waals surface area contributed by atoms with Crippen molar-refractivity contribution in [3.05, 3.63) is 48.3 Å². The first-order valence-corrected chi connectivity index (χ1v) is 9.35. The maximum atomic E-state index is 13.2. The number of hydrogen-bond donors (Lipinski definition) is 2. The van der Waals surface area contributed by atoms with Gasteiger partial charge in [-0.1, -0.05) is 6.07 Å². The molecule has 2 aromatic carbocycles. The molecule has 1 heterocycles. The first kappa shape index (κ1) is 18.3. The average Bonchev–Trinajstić information content (AvgIpc) is 3.16. The Labute approximate surface area is 162 Å². The van der Waals surface area contributed by atoms with Crippen LogP contribution in [0.4, 0.5) is 15.8 Å². The molecule has 146 valence electrons. The Morgan fingerprint density at radius 1 is 0.821 bits per heavy atom. The van der Waals surface area contributed by atoms with Crippen LogP contribution in [0.5, 0.6) is 11.5 Å². The topological polar surface area (TPSA) is 76.7 Å². The third kappa shape index (κ3) is 4.08. The minimum Gasteiger partial charge on any atom is -0.454 e. The predicted octanol–water partition coefficient (Wildman–Crippen LogP) is 3.94. The summed E-state index contributed by atoms with van der Waals surface area (Å²) >= 11 is 0. The van der Waals surface area contributed by atoms with Crippen LogP contribution in [0.2, 0.25) is 0 Å². The zero-order valence-corrected chi connectivity index (χ0v) is 15.2. The SMILES string of the molecule is O=C(Nc1cccc(F)c1)C1CCC(C(=O)Nc2ccc3c(c2)OCO3)CC1. The molecule has 2 aromatic rings. The molecule has 28 heavy (non-hydrogen) atoms. The minimum absolute atomic E-state index is 0.0529. The summed E-state index contributed by atoms with van der Waals surface area (Å²) in [6.07, 6.45) is 2.52. The number of benzene rings is 2. The number of amides is 2. The maximum Gasteiger partial charge on any atom is 0.231 e. The van der Waals surface area contributed by atoms with E-state index in [-0.39, 0.29) is 36.3 Å². The van der Waals surface area contributed by atoms with Crippen LogP contribution in [0.1, 0.15) is 25.7 Å². The lowest BCUT2D eigenvalue weighted by molar-refractivity contribution is -0.125. The zero-order valence-electron chi connectivity index (χ0n) is 15.2. The van der Waals surface area contributed by atoms with Gasteiger partial charge in [-0.05, 0) is 56.0 Å². The van der Waals surface area contributed by atoms with Gasteiger partial charge >= 0.3 is 0 Å². The average molecular weight is 384 g/mol. The Balaban J connectivity index is 1.28. The number of carbonyl (C=O) groups is 2. The first-order valence-electron chi connectivity index (χ1n) is 9.35. The van der Waals surface area contributed by atoms with E-state index < -0.39 is 0 Å². The van der Waals surface area contributed by atoms with Crippen molar-refractivity contribution in [2.45, 2.75) is 25.7 Å². The van der Waals surface area contributed by atoms with Crippen LogP contribution in [0.15, 0.2) is 42.5 Å². The van der Waals surface area contributed by atoms with Gasteiger partial charge in [0.1, 0.15) is 5.82 Å². The van der Waals surface area contributed by atoms with Crippen LogP contribution in [0, 0.1) is 17.7 Å². The van der Waals surface area contributed by atoms with Crippen molar-refractivity contribution >= 4 is 23.2 Å². The van der Waals surface area contributed by atoms with Crippen LogP contribution in [-0.2, 0) is 9.59 Å². The number of hydrogen-bond acceptors (Lipinski definition) is 4. The quantitative estimate of drug-likeness (QED) is 0.837. The van der Waals surface area contributed by atoms with Crippen molar-refractivity contribution in [2.24, 2.45) is 11.8 Å². The summed E-state index contributed by atoms with van der Waals surface area (Å²) in [5.41, 5.74) is 1.12. The van der Waals surface area contributed by atoms with E-state index in [2.05, 4.69) is 10.6 Å². The van der Waals surface area contributed by atoms with Crippen molar-refractivity contribution in [3.63, 3.8) is 0 Å². The molecular weight excluding hydrogens is 363 g/mol. The van der Waals surface area contributed by atoms with Crippen molar-refractivity contribution in [1.29, 1.82) is 0 Å². The van der Waals surface area contributed by atoms with E-state index in [1.165, 1.54) is 12.1 Å². The molecule has 1 aliphatic heterocycles. The van der Waals surface area contributed by atoms with Crippen molar-refractivity contribution in [2.75, 3.05) is 17.4 Å². The first-order chi connectivity index (χ1) is 13.6. The molecule has 6 nitrogen and oxygen atoms in total. The fourth-order valence-corrected chi connectivity index (χ4v) is 3.65. The third-order valence-corrected chi connectivity index (χ3v) is 5.20. The highest BCUT2D eigenvalue weighted by atomic mass is 19.1. The second-order valence-electron chi connectivity index (χ2n) is 7.11. The molecule has 1 saturated carbocycles. The number of anilines is 2. The smallest absolute Gasteiger partial charge is 0.231 e. The Kier molecular flexibility index (Phi) is 5.14. The molecule has 2 N–H and O–H groups in total. The molecule has 0 spiro atoms. The van der Waals surface area contributed by atoms with Crippen molar-refractivity contribution < 1.29 is 23.5 Å². The number of nitrogens with one attached hydrogen (secondary N) is 2. The summed E-state index contributed by atoms with van der Waals surface area (Å²) in [4.78, 5) is 24.9. The highest BCUT2D eigenvalue weighted by molar-refractivity contribution is 5.94. The zero-order chi connectivity index (χ0) is 19.5. The Hall–Kier alpha value is -3.09. The van der Waals surface area contributed by atoms with E-state index >= 15 is 0 Å². The van der Waals surface area contributed by atoms with Gasteiger partial charge in [0.05, 0.1) is 0 Å². The van der Waals surface area contributed by atoms with Crippen LogP contribution < -0.4 is 20.1 Å². The molecule has 2 amide bonds. The standard InChI is InChI=1S/C21H21FN2O4/c22-15-2-1-3-16(10-15)23-20(25)13-4-6-14(7-5-13)21(26)24-17-8-9-18-19(11-17)28-12-27-18/h1-3,8-11,13-14H,4-7,12H2,(H,23,25)(H,24,26). The fourth-order valence-electron chi connectivity index (χ4n) is 3.65. The number of ether oxygens (including phenoxy) is 2. The van der Waals surface area contributed by atoms with Gasteiger partial charge in [0, 0.05) is 29.3 Å². The second-order valence-corrected chi connectivity index (χ2v) is 7.11. The van der Waals surface area contributed by atoms with Gasteiger partial charge in [-0.15, -0.1) is 0 Å². The molecule has 0 saturated heterocycles. The molecule has 0 radical (unpaired) electrons. The van der Waals surface area contributed by atoms with E-state index in [0.717, 1.165) is 0 Å². The molecule has 0 aromatic heterocycles. The highest BCUT2D eigenvalue weighted by Crippen LogP contribution is 2.35. The summed E-state index contributed by atoms with van der Waals surface area (Å²) in [6, 6.07) is 11.1. The molecule has 0 unspecified atom stereocenters. The van der Waals surface area contributed by atoms with Gasteiger partial charge in [0.25, 0.3) is 0 Å². The molecule has 1 aliphatic carbocycles. The fraction of sp³-hybridized carbons (Fsp3) is 0.333. The van der Waals surface area contributed by atoms with Gasteiger partial charge in [0.2, 0.25) is 18.6 Å². The van der Waals surface area contributed by atoms with Gasteiger partial charge in [-0.25, -0.2) is 4.39 Å². The lowest BCUT2D eigenvalue weighted by atomic mass is 9.81. The molecule has 7 heteroatoms. The van der Waals surface area contributed by atoms with Crippen LogP contribution >= 0.6 is 0 Å². The Morgan fingerprint density at radius 2 is 1.43 bits per heavy atom. The maximum absolute atomic E-state index is 13.2. The summed E-state index contributed by atoms with van der Waals surface area (Å²) in [7, 11) is 0. The predicted molar refractivity (Wildman–Crippen MR) is 102 cm³/mol. The minimum atomic E-state index is -0.387.